The molecule has 0 aliphatic heterocycles. The van der Waals surface area contributed by atoms with Crippen LogP contribution in [-0.2, 0) is 0 Å². The van der Waals surface area contributed by atoms with Crippen LogP contribution in [-0.4, -0.2) is 6.21 Å². The largest absolute Gasteiger partial charge is 0.463 e. The molecular weight excluding hydrogens is 186 g/mol. The second kappa shape index (κ2) is 4.13. The fraction of sp³-hybridized carbons (Fsp3) is 0.154. The molecular formula is C13H13NO. The van der Waals surface area contributed by atoms with Gasteiger partial charge in [-0.3, -0.25) is 4.99 Å². The topological polar surface area (TPSA) is 25.5 Å². The lowest BCUT2D eigenvalue weighted by atomic mass is 10.1. The van der Waals surface area contributed by atoms with E-state index in [-0.39, 0.29) is 0 Å². The van der Waals surface area contributed by atoms with Gasteiger partial charge in [-0.05, 0) is 37.1 Å². The van der Waals surface area contributed by atoms with E-state index in [4.69, 9.17) is 4.42 Å². The average Bonchev–Trinajstić information content (AvgIpc) is 2.70. The predicted molar refractivity (Wildman–Crippen MR) is 61.9 cm³/mol. The third-order valence-electron chi connectivity index (χ3n) is 2.30. The van der Waals surface area contributed by atoms with Crippen LogP contribution in [0.1, 0.15) is 16.9 Å². The molecule has 2 aromatic rings. The van der Waals surface area contributed by atoms with Crippen molar-refractivity contribution in [3.05, 3.63) is 53.5 Å². The summed E-state index contributed by atoms with van der Waals surface area (Å²) in [6, 6.07) is 9.89. The molecule has 1 aromatic heterocycles. The SMILES string of the molecule is Cc1cccc(C)c1N=Cc1ccco1. The Hall–Kier alpha value is -1.83. The zero-order valence-electron chi connectivity index (χ0n) is 8.90. The summed E-state index contributed by atoms with van der Waals surface area (Å²) >= 11 is 0. The van der Waals surface area contributed by atoms with Crippen LogP contribution in [0.25, 0.3) is 0 Å². The number of para-hydroxylation sites is 1. The fourth-order valence-corrected chi connectivity index (χ4v) is 1.50. The van der Waals surface area contributed by atoms with Crippen LogP contribution in [0.2, 0.25) is 0 Å². The highest BCUT2D eigenvalue weighted by atomic mass is 16.3. The summed E-state index contributed by atoms with van der Waals surface area (Å²) in [7, 11) is 0. The maximum atomic E-state index is 5.19. The van der Waals surface area contributed by atoms with Crippen LogP contribution in [0.5, 0.6) is 0 Å². The fourth-order valence-electron chi connectivity index (χ4n) is 1.50. The Morgan fingerprint density at radius 3 is 2.40 bits per heavy atom. The Morgan fingerprint density at radius 1 is 1.07 bits per heavy atom. The molecule has 1 heterocycles. The van der Waals surface area contributed by atoms with Gasteiger partial charge in [0.05, 0.1) is 18.2 Å². The molecule has 0 fully saturated rings. The number of aryl methyl sites for hydroxylation is 2. The first kappa shape index (κ1) is 9.71. The van der Waals surface area contributed by atoms with Crippen molar-refractivity contribution in [2.75, 3.05) is 0 Å². The molecule has 0 spiro atoms. The van der Waals surface area contributed by atoms with Crippen molar-refractivity contribution in [3.63, 3.8) is 0 Å². The minimum Gasteiger partial charge on any atom is -0.463 e. The van der Waals surface area contributed by atoms with Crippen molar-refractivity contribution in [2.45, 2.75) is 13.8 Å². The Balaban J connectivity index is 2.32. The number of benzene rings is 1. The third-order valence-corrected chi connectivity index (χ3v) is 2.30. The van der Waals surface area contributed by atoms with E-state index in [1.807, 2.05) is 18.2 Å². The molecule has 0 atom stereocenters. The molecule has 2 rings (SSSR count). The normalized spacial score (nSPS) is 11.1. The van der Waals surface area contributed by atoms with Gasteiger partial charge < -0.3 is 4.42 Å². The minimum atomic E-state index is 0.776. The van der Waals surface area contributed by atoms with Crippen LogP contribution in [0.3, 0.4) is 0 Å². The zero-order chi connectivity index (χ0) is 10.7. The van der Waals surface area contributed by atoms with E-state index in [1.165, 1.54) is 11.1 Å². The van der Waals surface area contributed by atoms with Gasteiger partial charge in [-0.2, -0.15) is 0 Å². The third kappa shape index (κ3) is 2.15. The molecule has 2 nitrogen and oxygen atoms in total. The lowest BCUT2D eigenvalue weighted by Crippen LogP contribution is -1.81. The van der Waals surface area contributed by atoms with E-state index in [2.05, 4.69) is 31.0 Å². The highest BCUT2D eigenvalue weighted by Crippen LogP contribution is 2.22. The van der Waals surface area contributed by atoms with Gasteiger partial charge in [0.1, 0.15) is 5.76 Å². The van der Waals surface area contributed by atoms with Crippen molar-refractivity contribution < 1.29 is 4.42 Å². The summed E-state index contributed by atoms with van der Waals surface area (Å²) in [5.41, 5.74) is 3.38. The first-order valence-electron chi connectivity index (χ1n) is 4.91. The molecule has 2 heteroatoms. The minimum absolute atomic E-state index is 0.776. The smallest absolute Gasteiger partial charge is 0.144 e. The molecule has 0 saturated carbocycles. The van der Waals surface area contributed by atoms with Crippen LogP contribution < -0.4 is 0 Å². The zero-order valence-corrected chi connectivity index (χ0v) is 8.90. The first-order valence-corrected chi connectivity index (χ1v) is 4.91. The predicted octanol–water partition coefficient (Wildman–Crippen LogP) is 3.65. The number of furan rings is 1. The van der Waals surface area contributed by atoms with E-state index < -0.39 is 0 Å². The van der Waals surface area contributed by atoms with Crippen LogP contribution >= 0.6 is 0 Å². The Morgan fingerprint density at radius 2 is 1.80 bits per heavy atom. The van der Waals surface area contributed by atoms with Gasteiger partial charge in [0.2, 0.25) is 0 Å². The number of rotatable bonds is 2. The Bertz CT molecular complexity index is 449. The van der Waals surface area contributed by atoms with Crippen molar-refractivity contribution in [1.29, 1.82) is 0 Å². The van der Waals surface area contributed by atoms with Gasteiger partial charge in [-0.15, -0.1) is 0 Å². The summed E-state index contributed by atoms with van der Waals surface area (Å²) in [4.78, 5) is 4.43. The summed E-state index contributed by atoms with van der Waals surface area (Å²) in [5.74, 6) is 0.776. The van der Waals surface area contributed by atoms with Gasteiger partial charge in [0, 0.05) is 0 Å². The summed E-state index contributed by atoms with van der Waals surface area (Å²) in [5, 5.41) is 0. The Kier molecular flexibility index (Phi) is 2.68. The molecule has 1 aromatic carbocycles. The number of hydrogen-bond donors (Lipinski definition) is 0. The Labute approximate surface area is 89.3 Å². The highest BCUT2D eigenvalue weighted by molar-refractivity contribution is 5.79. The first-order chi connectivity index (χ1) is 7.27. The van der Waals surface area contributed by atoms with Crippen molar-refractivity contribution >= 4 is 11.9 Å². The number of aliphatic imine (C=N–C) groups is 1. The van der Waals surface area contributed by atoms with E-state index >= 15 is 0 Å². The molecule has 0 radical (unpaired) electrons. The van der Waals surface area contributed by atoms with Gasteiger partial charge in [0.15, 0.2) is 0 Å². The average molecular weight is 199 g/mol. The quantitative estimate of drug-likeness (QED) is 0.678. The van der Waals surface area contributed by atoms with Gasteiger partial charge in [-0.1, -0.05) is 18.2 Å². The molecule has 0 amide bonds. The van der Waals surface area contributed by atoms with E-state index in [0.29, 0.717) is 0 Å². The maximum Gasteiger partial charge on any atom is 0.144 e. The molecule has 76 valence electrons. The maximum absolute atomic E-state index is 5.19. The number of hydrogen-bond acceptors (Lipinski definition) is 2. The molecule has 15 heavy (non-hydrogen) atoms. The van der Waals surface area contributed by atoms with E-state index in [0.717, 1.165) is 11.4 Å². The van der Waals surface area contributed by atoms with E-state index in [1.54, 1.807) is 12.5 Å². The summed E-state index contributed by atoms with van der Waals surface area (Å²) < 4.78 is 5.19. The van der Waals surface area contributed by atoms with Gasteiger partial charge >= 0.3 is 0 Å². The lowest BCUT2D eigenvalue weighted by molar-refractivity contribution is 0.560. The summed E-state index contributed by atoms with van der Waals surface area (Å²) in [6.07, 6.45) is 3.39. The molecule has 0 unspecified atom stereocenters. The van der Waals surface area contributed by atoms with Crippen LogP contribution in [0.4, 0.5) is 5.69 Å². The van der Waals surface area contributed by atoms with Crippen LogP contribution in [0, 0.1) is 13.8 Å². The van der Waals surface area contributed by atoms with Crippen LogP contribution in [0.15, 0.2) is 46.0 Å². The van der Waals surface area contributed by atoms with Crippen molar-refractivity contribution in [2.24, 2.45) is 4.99 Å². The standard InChI is InChI=1S/C13H13NO/c1-10-5-3-6-11(2)13(10)14-9-12-7-4-8-15-12/h3-9H,1-2H3. The summed E-state index contributed by atoms with van der Waals surface area (Å²) in [6.45, 7) is 4.11. The van der Waals surface area contributed by atoms with E-state index in [9.17, 15) is 0 Å². The van der Waals surface area contributed by atoms with Gasteiger partial charge in [-0.25, -0.2) is 0 Å². The molecule has 0 aliphatic rings. The van der Waals surface area contributed by atoms with Gasteiger partial charge in [0.25, 0.3) is 0 Å². The second-order valence-electron chi connectivity index (χ2n) is 3.51. The van der Waals surface area contributed by atoms with Crippen molar-refractivity contribution in [3.8, 4) is 0 Å². The molecule has 0 N–H and O–H groups in total. The molecule has 0 aliphatic carbocycles. The number of nitrogens with zero attached hydrogens (tertiary/aromatic N) is 1. The second-order valence-corrected chi connectivity index (χ2v) is 3.51. The van der Waals surface area contributed by atoms with Crippen molar-refractivity contribution in [1.82, 2.24) is 0 Å². The lowest BCUT2D eigenvalue weighted by Gasteiger charge is -2.02. The molecule has 0 saturated heterocycles. The monoisotopic (exact) mass is 199 g/mol. The highest BCUT2D eigenvalue weighted by Gasteiger charge is 1.98. The molecule has 0 bridgehead atoms.